The van der Waals surface area contributed by atoms with Crippen LogP contribution in [-0.2, 0) is 0 Å². The van der Waals surface area contributed by atoms with Crippen LogP contribution in [0.3, 0.4) is 0 Å². The third-order valence-corrected chi connectivity index (χ3v) is 2.86. The highest BCUT2D eigenvalue weighted by atomic mass is 15.2. The molecule has 0 unspecified atom stereocenters. The first-order chi connectivity index (χ1) is 6.57. The molecule has 0 saturated heterocycles. The molecule has 0 aromatic carbocycles. The fourth-order valence-electron chi connectivity index (χ4n) is 1.33. The number of hydrogen-bond acceptors (Lipinski definition) is 2. The lowest BCUT2D eigenvalue weighted by molar-refractivity contribution is 0.223. The predicted octanol–water partition coefficient (Wildman–Crippen LogP) is 2.45. The Hall–Kier alpha value is -0.0800. The van der Waals surface area contributed by atoms with Gasteiger partial charge in [0, 0.05) is 19.1 Å². The summed E-state index contributed by atoms with van der Waals surface area (Å²) < 4.78 is 0. The first-order valence-electron chi connectivity index (χ1n) is 5.96. The van der Waals surface area contributed by atoms with Gasteiger partial charge in [-0.25, -0.2) is 0 Å². The highest BCUT2D eigenvalue weighted by Gasteiger charge is 2.04. The summed E-state index contributed by atoms with van der Waals surface area (Å²) in [6.45, 7) is 10.4. The maximum absolute atomic E-state index is 2.44. The molecule has 0 atom stereocenters. The van der Waals surface area contributed by atoms with Gasteiger partial charge in [0.1, 0.15) is 0 Å². The molecule has 0 bridgehead atoms. The Balaban J connectivity index is 3.38. The molecule has 0 aliphatic rings. The second kappa shape index (κ2) is 8.25. The fraction of sp³-hybridized carbons (Fsp3) is 1.00. The number of nitrogens with zero attached hydrogens (tertiary/aromatic N) is 2. The summed E-state index contributed by atoms with van der Waals surface area (Å²) >= 11 is 0. The molecule has 86 valence electrons. The SMILES string of the molecule is CCCCCN(C)CCN(C)C(C)C. The summed E-state index contributed by atoms with van der Waals surface area (Å²) in [5.41, 5.74) is 0. The van der Waals surface area contributed by atoms with Crippen LogP contribution in [0.1, 0.15) is 40.0 Å². The number of rotatable bonds is 8. The Bertz CT molecular complexity index is 123. The summed E-state index contributed by atoms with van der Waals surface area (Å²) in [5.74, 6) is 0. The van der Waals surface area contributed by atoms with Gasteiger partial charge in [0.25, 0.3) is 0 Å². The summed E-state index contributed by atoms with van der Waals surface area (Å²) in [5, 5.41) is 0. The molecule has 2 nitrogen and oxygen atoms in total. The second-order valence-corrected chi connectivity index (χ2v) is 4.58. The Morgan fingerprint density at radius 2 is 1.57 bits per heavy atom. The largest absolute Gasteiger partial charge is 0.305 e. The van der Waals surface area contributed by atoms with Gasteiger partial charge in [-0.05, 0) is 40.9 Å². The van der Waals surface area contributed by atoms with Gasteiger partial charge in [-0.2, -0.15) is 0 Å². The normalized spacial score (nSPS) is 12.0. The van der Waals surface area contributed by atoms with Gasteiger partial charge in [0.05, 0.1) is 0 Å². The summed E-state index contributed by atoms with van der Waals surface area (Å²) in [7, 11) is 4.42. The van der Waals surface area contributed by atoms with Crippen molar-refractivity contribution < 1.29 is 0 Å². The molecule has 0 radical (unpaired) electrons. The standard InChI is InChI=1S/C12H28N2/c1-6-7-8-9-13(4)10-11-14(5)12(2)3/h12H,6-11H2,1-5H3. The quantitative estimate of drug-likeness (QED) is 0.555. The van der Waals surface area contributed by atoms with Gasteiger partial charge in [0.2, 0.25) is 0 Å². The fourth-order valence-corrected chi connectivity index (χ4v) is 1.33. The van der Waals surface area contributed by atoms with E-state index in [1.165, 1.54) is 38.9 Å². The van der Waals surface area contributed by atoms with Crippen LogP contribution in [0, 0.1) is 0 Å². The lowest BCUT2D eigenvalue weighted by atomic mass is 10.2. The minimum Gasteiger partial charge on any atom is -0.305 e. The molecule has 0 aliphatic carbocycles. The zero-order valence-electron chi connectivity index (χ0n) is 10.7. The van der Waals surface area contributed by atoms with Gasteiger partial charge < -0.3 is 9.80 Å². The van der Waals surface area contributed by atoms with E-state index in [0.717, 1.165) is 0 Å². The average molecular weight is 200 g/mol. The molecule has 0 fully saturated rings. The Kier molecular flexibility index (Phi) is 8.20. The summed E-state index contributed by atoms with van der Waals surface area (Å²) in [4.78, 5) is 4.84. The van der Waals surface area contributed by atoms with E-state index in [4.69, 9.17) is 0 Å². The molecule has 2 heteroatoms. The molecule has 0 saturated carbocycles. The van der Waals surface area contributed by atoms with Crippen LogP contribution in [-0.4, -0.2) is 49.6 Å². The molecular formula is C12H28N2. The average Bonchev–Trinajstić information content (AvgIpc) is 2.14. The Labute approximate surface area is 90.3 Å². The van der Waals surface area contributed by atoms with Crippen LogP contribution in [0.2, 0.25) is 0 Å². The maximum atomic E-state index is 2.44. The highest BCUT2D eigenvalue weighted by molar-refractivity contribution is 4.60. The third kappa shape index (κ3) is 7.34. The molecular weight excluding hydrogens is 172 g/mol. The van der Waals surface area contributed by atoms with Gasteiger partial charge in [0.15, 0.2) is 0 Å². The first kappa shape index (κ1) is 13.9. The minimum atomic E-state index is 0.666. The lowest BCUT2D eigenvalue weighted by Crippen LogP contribution is -2.35. The van der Waals surface area contributed by atoms with Crippen molar-refractivity contribution in [3.8, 4) is 0 Å². The molecule has 0 spiro atoms. The van der Waals surface area contributed by atoms with Gasteiger partial charge in [-0.3, -0.25) is 0 Å². The van der Waals surface area contributed by atoms with Crippen LogP contribution in [0.25, 0.3) is 0 Å². The zero-order valence-corrected chi connectivity index (χ0v) is 10.7. The minimum absolute atomic E-state index is 0.666. The number of unbranched alkanes of at least 4 members (excludes halogenated alkanes) is 2. The van der Waals surface area contributed by atoms with Crippen molar-refractivity contribution in [1.29, 1.82) is 0 Å². The van der Waals surface area contributed by atoms with Crippen molar-refractivity contribution in [3.63, 3.8) is 0 Å². The Morgan fingerprint density at radius 1 is 0.929 bits per heavy atom. The molecule has 0 aromatic rings. The monoisotopic (exact) mass is 200 g/mol. The van der Waals surface area contributed by atoms with Crippen molar-refractivity contribution in [3.05, 3.63) is 0 Å². The molecule has 0 heterocycles. The summed E-state index contributed by atoms with van der Waals surface area (Å²) in [6.07, 6.45) is 4.03. The van der Waals surface area contributed by atoms with E-state index in [0.29, 0.717) is 6.04 Å². The van der Waals surface area contributed by atoms with Crippen LogP contribution in [0.4, 0.5) is 0 Å². The Morgan fingerprint density at radius 3 is 2.07 bits per heavy atom. The van der Waals surface area contributed by atoms with E-state index in [2.05, 4.69) is 44.7 Å². The maximum Gasteiger partial charge on any atom is 0.0109 e. The predicted molar refractivity (Wildman–Crippen MR) is 64.8 cm³/mol. The van der Waals surface area contributed by atoms with Crippen molar-refractivity contribution in [2.45, 2.75) is 46.1 Å². The topological polar surface area (TPSA) is 6.48 Å². The zero-order chi connectivity index (χ0) is 11.0. The van der Waals surface area contributed by atoms with Gasteiger partial charge >= 0.3 is 0 Å². The van der Waals surface area contributed by atoms with E-state index < -0.39 is 0 Å². The van der Waals surface area contributed by atoms with Crippen molar-refractivity contribution >= 4 is 0 Å². The van der Waals surface area contributed by atoms with Crippen LogP contribution >= 0.6 is 0 Å². The molecule has 0 rings (SSSR count). The number of hydrogen-bond donors (Lipinski definition) is 0. The highest BCUT2D eigenvalue weighted by Crippen LogP contribution is 1.98. The second-order valence-electron chi connectivity index (χ2n) is 4.58. The smallest absolute Gasteiger partial charge is 0.0109 e. The van der Waals surface area contributed by atoms with Crippen LogP contribution in [0.15, 0.2) is 0 Å². The summed E-state index contributed by atoms with van der Waals surface area (Å²) in [6, 6.07) is 0.666. The molecule has 14 heavy (non-hydrogen) atoms. The molecule has 0 aromatic heterocycles. The van der Waals surface area contributed by atoms with E-state index in [1.807, 2.05) is 0 Å². The molecule has 0 amide bonds. The lowest BCUT2D eigenvalue weighted by Gasteiger charge is -2.24. The van der Waals surface area contributed by atoms with Crippen LogP contribution in [0.5, 0.6) is 0 Å². The molecule has 0 N–H and O–H groups in total. The van der Waals surface area contributed by atoms with E-state index in [-0.39, 0.29) is 0 Å². The van der Waals surface area contributed by atoms with Crippen molar-refractivity contribution in [2.75, 3.05) is 33.7 Å². The van der Waals surface area contributed by atoms with E-state index in [1.54, 1.807) is 0 Å². The first-order valence-corrected chi connectivity index (χ1v) is 5.96. The van der Waals surface area contributed by atoms with E-state index >= 15 is 0 Å². The van der Waals surface area contributed by atoms with Crippen molar-refractivity contribution in [1.82, 2.24) is 9.80 Å². The number of likely N-dealkylation sites (N-methyl/N-ethyl adjacent to an activating group) is 2. The molecule has 0 aliphatic heterocycles. The van der Waals surface area contributed by atoms with Crippen molar-refractivity contribution in [2.24, 2.45) is 0 Å². The van der Waals surface area contributed by atoms with Gasteiger partial charge in [-0.1, -0.05) is 19.8 Å². The van der Waals surface area contributed by atoms with Gasteiger partial charge in [-0.15, -0.1) is 0 Å². The van der Waals surface area contributed by atoms with Crippen LogP contribution < -0.4 is 0 Å². The van der Waals surface area contributed by atoms with E-state index in [9.17, 15) is 0 Å². The third-order valence-electron chi connectivity index (χ3n) is 2.86.